The first-order chi connectivity index (χ1) is 9.67. The van der Waals surface area contributed by atoms with Gasteiger partial charge in [0.15, 0.2) is 0 Å². The largest absolute Gasteiger partial charge is 0.326 e. The number of aryl methyl sites for hydroxylation is 2. The van der Waals surface area contributed by atoms with Crippen molar-refractivity contribution < 1.29 is 4.79 Å². The Kier molecular flexibility index (Phi) is 5.19. The molecule has 0 aliphatic heterocycles. The Morgan fingerprint density at radius 3 is 2.50 bits per heavy atom. The van der Waals surface area contributed by atoms with Gasteiger partial charge in [0.05, 0.1) is 0 Å². The summed E-state index contributed by atoms with van der Waals surface area (Å²) >= 11 is 5.92. The van der Waals surface area contributed by atoms with Gasteiger partial charge in [-0.1, -0.05) is 42.8 Å². The number of anilines is 1. The van der Waals surface area contributed by atoms with Crippen LogP contribution in [0, 0.1) is 0 Å². The lowest BCUT2D eigenvalue weighted by atomic mass is 10.1. The number of carbonyl (C=O) groups excluding carboxylic acids is 1. The molecular weight excluding hydrogens is 270 g/mol. The SMILES string of the molecule is CCc1ccc(NC(=O)CCc2cccc(Cl)c2)cc1. The van der Waals surface area contributed by atoms with Gasteiger partial charge < -0.3 is 5.32 Å². The summed E-state index contributed by atoms with van der Waals surface area (Å²) in [6.45, 7) is 2.11. The van der Waals surface area contributed by atoms with Crippen molar-refractivity contribution in [1.29, 1.82) is 0 Å². The minimum Gasteiger partial charge on any atom is -0.326 e. The molecule has 2 rings (SSSR count). The molecular formula is C17H18ClNO. The lowest BCUT2D eigenvalue weighted by Crippen LogP contribution is -2.12. The number of benzene rings is 2. The highest BCUT2D eigenvalue weighted by Crippen LogP contribution is 2.13. The van der Waals surface area contributed by atoms with Crippen LogP contribution in [0.2, 0.25) is 5.02 Å². The smallest absolute Gasteiger partial charge is 0.224 e. The molecule has 0 spiro atoms. The third kappa shape index (κ3) is 4.39. The fourth-order valence-corrected chi connectivity index (χ4v) is 2.21. The maximum atomic E-state index is 11.9. The van der Waals surface area contributed by atoms with Crippen LogP contribution >= 0.6 is 11.6 Å². The molecule has 0 aliphatic rings. The molecule has 0 atom stereocenters. The first-order valence-electron chi connectivity index (χ1n) is 6.80. The third-order valence-corrected chi connectivity index (χ3v) is 3.41. The number of nitrogens with one attached hydrogen (secondary N) is 1. The average Bonchev–Trinajstić information content (AvgIpc) is 2.46. The lowest BCUT2D eigenvalue weighted by Gasteiger charge is -2.06. The van der Waals surface area contributed by atoms with Crippen molar-refractivity contribution >= 4 is 23.2 Å². The molecule has 2 nitrogen and oxygen atoms in total. The van der Waals surface area contributed by atoms with E-state index >= 15 is 0 Å². The predicted octanol–water partition coefficient (Wildman–Crippen LogP) is 4.47. The highest BCUT2D eigenvalue weighted by molar-refractivity contribution is 6.30. The minimum absolute atomic E-state index is 0.0224. The van der Waals surface area contributed by atoms with Crippen LogP contribution in [0.5, 0.6) is 0 Å². The van der Waals surface area contributed by atoms with Gasteiger partial charge in [0, 0.05) is 17.1 Å². The van der Waals surface area contributed by atoms with Gasteiger partial charge in [0.2, 0.25) is 5.91 Å². The van der Waals surface area contributed by atoms with Crippen molar-refractivity contribution in [3.05, 3.63) is 64.7 Å². The summed E-state index contributed by atoms with van der Waals surface area (Å²) < 4.78 is 0. The van der Waals surface area contributed by atoms with Crippen molar-refractivity contribution in [2.75, 3.05) is 5.32 Å². The van der Waals surface area contributed by atoms with Crippen LogP contribution in [0.1, 0.15) is 24.5 Å². The Morgan fingerprint density at radius 1 is 1.10 bits per heavy atom. The monoisotopic (exact) mass is 287 g/mol. The zero-order valence-electron chi connectivity index (χ0n) is 11.5. The van der Waals surface area contributed by atoms with Crippen LogP contribution in [-0.2, 0) is 17.6 Å². The molecule has 0 fully saturated rings. The topological polar surface area (TPSA) is 29.1 Å². The number of hydrogen-bond donors (Lipinski definition) is 1. The Balaban J connectivity index is 1.85. The van der Waals surface area contributed by atoms with E-state index in [-0.39, 0.29) is 5.91 Å². The minimum atomic E-state index is 0.0224. The summed E-state index contributed by atoms with van der Waals surface area (Å²) in [5.41, 5.74) is 3.19. The van der Waals surface area contributed by atoms with E-state index in [1.165, 1.54) is 5.56 Å². The molecule has 2 aromatic carbocycles. The van der Waals surface area contributed by atoms with E-state index in [4.69, 9.17) is 11.6 Å². The molecule has 0 aliphatic carbocycles. The van der Waals surface area contributed by atoms with Gasteiger partial charge in [0.1, 0.15) is 0 Å². The standard InChI is InChI=1S/C17H18ClNO/c1-2-13-6-9-16(10-7-13)19-17(20)11-8-14-4-3-5-15(18)12-14/h3-7,9-10,12H,2,8,11H2,1H3,(H,19,20). The zero-order valence-corrected chi connectivity index (χ0v) is 12.3. The Bertz CT molecular complexity index is 578. The second kappa shape index (κ2) is 7.11. The summed E-state index contributed by atoms with van der Waals surface area (Å²) in [5, 5.41) is 3.61. The van der Waals surface area contributed by atoms with Crippen LogP contribution in [0.3, 0.4) is 0 Å². The van der Waals surface area contributed by atoms with E-state index in [0.717, 1.165) is 17.7 Å². The van der Waals surface area contributed by atoms with Gasteiger partial charge in [-0.05, 0) is 48.2 Å². The van der Waals surface area contributed by atoms with Gasteiger partial charge in [-0.3, -0.25) is 4.79 Å². The fraction of sp³-hybridized carbons (Fsp3) is 0.235. The highest BCUT2D eigenvalue weighted by atomic mass is 35.5. The molecule has 0 radical (unpaired) electrons. The van der Waals surface area contributed by atoms with Gasteiger partial charge in [0.25, 0.3) is 0 Å². The van der Waals surface area contributed by atoms with Crippen molar-refractivity contribution in [3.8, 4) is 0 Å². The van der Waals surface area contributed by atoms with Crippen LogP contribution in [0.15, 0.2) is 48.5 Å². The highest BCUT2D eigenvalue weighted by Gasteiger charge is 2.03. The van der Waals surface area contributed by atoms with E-state index in [1.807, 2.05) is 48.5 Å². The second-order valence-electron chi connectivity index (χ2n) is 4.73. The lowest BCUT2D eigenvalue weighted by molar-refractivity contribution is -0.116. The number of carbonyl (C=O) groups is 1. The summed E-state index contributed by atoms with van der Waals surface area (Å²) in [7, 11) is 0. The van der Waals surface area contributed by atoms with E-state index in [1.54, 1.807) is 0 Å². The fourth-order valence-electron chi connectivity index (χ4n) is 2.00. The quantitative estimate of drug-likeness (QED) is 0.863. The molecule has 0 heterocycles. The maximum Gasteiger partial charge on any atom is 0.224 e. The predicted molar refractivity (Wildman–Crippen MR) is 84.2 cm³/mol. The molecule has 0 bridgehead atoms. The van der Waals surface area contributed by atoms with Crippen LogP contribution in [0.4, 0.5) is 5.69 Å². The van der Waals surface area contributed by atoms with Crippen LogP contribution in [0.25, 0.3) is 0 Å². The number of rotatable bonds is 5. The van der Waals surface area contributed by atoms with Crippen molar-refractivity contribution in [2.45, 2.75) is 26.2 Å². The average molecular weight is 288 g/mol. The molecule has 0 saturated heterocycles. The van der Waals surface area contributed by atoms with Gasteiger partial charge in [-0.25, -0.2) is 0 Å². The van der Waals surface area contributed by atoms with E-state index < -0.39 is 0 Å². The number of hydrogen-bond acceptors (Lipinski definition) is 1. The first-order valence-corrected chi connectivity index (χ1v) is 7.18. The first kappa shape index (κ1) is 14.6. The molecule has 1 amide bonds. The molecule has 0 saturated carbocycles. The van der Waals surface area contributed by atoms with Crippen molar-refractivity contribution in [2.24, 2.45) is 0 Å². The van der Waals surface area contributed by atoms with E-state index in [0.29, 0.717) is 17.9 Å². The number of amides is 1. The molecule has 2 aromatic rings. The summed E-state index contributed by atoms with van der Waals surface area (Å²) in [4.78, 5) is 11.9. The molecule has 0 unspecified atom stereocenters. The van der Waals surface area contributed by atoms with Crippen LogP contribution < -0.4 is 5.32 Å². The number of halogens is 1. The van der Waals surface area contributed by atoms with Crippen molar-refractivity contribution in [1.82, 2.24) is 0 Å². The Morgan fingerprint density at radius 2 is 1.85 bits per heavy atom. The molecule has 104 valence electrons. The van der Waals surface area contributed by atoms with Crippen molar-refractivity contribution in [3.63, 3.8) is 0 Å². The Hall–Kier alpha value is -1.80. The normalized spacial score (nSPS) is 10.3. The molecule has 3 heteroatoms. The summed E-state index contributed by atoms with van der Waals surface area (Å²) in [5.74, 6) is 0.0224. The van der Waals surface area contributed by atoms with Crippen LogP contribution in [-0.4, -0.2) is 5.91 Å². The molecule has 1 N–H and O–H groups in total. The summed E-state index contributed by atoms with van der Waals surface area (Å²) in [6, 6.07) is 15.6. The summed E-state index contributed by atoms with van der Waals surface area (Å²) in [6.07, 6.45) is 2.15. The second-order valence-corrected chi connectivity index (χ2v) is 5.17. The molecule has 20 heavy (non-hydrogen) atoms. The molecule has 0 aromatic heterocycles. The van der Waals surface area contributed by atoms with E-state index in [9.17, 15) is 4.79 Å². The van der Waals surface area contributed by atoms with Gasteiger partial charge >= 0.3 is 0 Å². The van der Waals surface area contributed by atoms with E-state index in [2.05, 4.69) is 12.2 Å². The zero-order chi connectivity index (χ0) is 14.4. The van der Waals surface area contributed by atoms with Gasteiger partial charge in [-0.2, -0.15) is 0 Å². The Labute approximate surface area is 124 Å². The van der Waals surface area contributed by atoms with Gasteiger partial charge in [-0.15, -0.1) is 0 Å². The third-order valence-electron chi connectivity index (χ3n) is 3.18. The maximum absolute atomic E-state index is 11.9.